The quantitative estimate of drug-likeness (QED) is 0.450. The second kappa shape index (κ2) is 5.79. The third-order valence-corrected chi connectivity index (χ3v) is 1.39. The van der Waals surface area contributed by atoms with Crippen LogP contribution in [0.3, 0.4) is 0 Å². The van der Waals surface area contributed by atoms with Gasteiger partial charge in [0.1, 0.15) is 0 Å². The summed E-state index contributed by atoms with van der Waals surface area (Å²) in [5, 5.41) is 7.00. The van der Waals surface area contributed by atoms with Gasteiger partial charge in [0.2, 0.25) is 0 Å². The molecule has 19 heavy (non-hydrogen) atoms. The van der Waals surface area contributed by atoms with E-state index in [1.807, 2.05) is 36.4 Å². The van der Waals surface area contributed by atoms with Crippen LogP contribution < -0.4 is 0 Å². The van der Waals surface area contributed by atoms with Crippen molar-refractivity contribution in [1.29, 1.82) is 0 Å². The minimum atomic E-state index is -10.7. The molecule has 2 rings (SSSR count). The Kier molecular flexibility index (Phi) is 5.41. The molecule has 0 amide bonds. The number of H-pyrrole nitrogens is 1. The van der Waals surface area contributed by atoms with E-state index in [-0.39, 0.29) is 1.43 Å². The van der Waals surface area contributed by atoms with Crippen molar-refractivity contribution in [2.75, 3.05) is 0 Å². The molecule has 1 aromatic carbocycles. The zero-order chi connectivity index (χ0) is 15.1. The van der Waals surface area contributed by atoms with Crippen LogP contribution in [-0.2, 0) is 0 Å². The molecular formula is C9H10ClF6N2P. The van der Waals surface area contributed by atoms with Gasteiger partial charge in [-0.3, -0.25) is 5.10 Å². The van der Waals surface area contributed by atoms with E-state index in [1.165, 1.54) is 0 Å². The molecule has 0 atom stereocenters. The van der Waals surface area contributed by atoms with Crippen LogP contribution in [0.1, 0.15) is 1.43 Å². The number of nitrogens with one attached hydrogen (secondary N) is 1. The first kappa shape index (κ1) is 17.7. The van der Waals surface area contributed by atoms with Gasteiger partial charge in [-0.25, -0.2) is 0 Å². The van der Waals surface area contributed by atoms with Crippen LogP contribution >= 0.6 is 19.4 Å². The molecule has 0 radical (unpaired) electrons. The molecule has 110 valence electrons. The Balaban J connectivity index is 0. The summed E-state index contributed by atoms with van der Waals surface area (Å²) in [6.07, 6.45) is 3.46. The topological polar surface area (TPSA) is 28.7 Å². The van der Waals surface area contributed by atoms with E-state index in [0.29, 0.717) is 0 Å². The largest absolute Gasteiger partial charge is 1.00 e. The summed E-state index contributed by atoms with van der Waals surface area (Å²) >= 11 is 5.54. The van der Waals surface area contributed by atoms with Crippen molar-refractivity contribution in [1.82, 2.24) is 10.2 Å². The first-order valence-electron chi connectivity index (χ1n) is 4.55. The summed E-state index contributed by atoms with van der Waals surface area (Å²) < 4.78 is 59.2. The van der Waals surface area contributed by atoms with Crippen LogP contribution in [0.5, 0.6) is 0 Å². The predicted octanol–water partition coefficient (Wildman–Crippen LogP) is 6.24. The van der Waals surface area contributed by atoms with Crippen molar-refractivity contribution in [3.63, 3.8) is 0 Å². The molecule has 0 aliphatic carbocycles. The molecule has 0 saturated carbocycles. The number of aromatic nitrogens is 2. The number of halogens is 7. The molecule has 0 aliphatic heterocycles. The van der Waals surface area contributed by atoms with E-state index in [2.05, 4.69) is 10.2 Å². The smallest absolute Gasteiger partial charge is 0.286 e. The number of hydrogen-bond donors (Lipinski definition) is 1. The minimum Gasteiger partial charge on any atom is -0.286 e. The van der Waals surface area contributed by atoms with Crippen molar-refractivity contribution in [3.8, 4) is 0 Å². The van der Waals surface area contributed by atoms with Gasteiger partial charge < -0.3 is 0 Å². The first-order valence-corrected chi connectivity index (χ1v) is 6.96. The van der Waals surface area contributed by atoms with Gasteiger partial charge in [-0.05, 0) is 18.2 Å². The molecule has 1 aromatic heterocycles. The van der Waals surface area contributed by atoms with Crippen molar-refractivity contribution in [2.45, 2.75) is 0 Å². The number of hydrogen-bond acceptors (Lipinski definition) is 1. The van der Waals surface area contributed by atoms with Gasteiger partial charge in [0.25, 0.3) is 0 Å². The predicted molar refractivity (Wildman–Crippen MR) is 64.7 cm³/mol. The van der Waals surface area contributed by atoms with Gasteiger partial charge in [-0.2, -0.15) is 5.10 Å². The van der Waals surface area contributed by atoms with Gasteiger partial charge in [0.15, 0.2) is 0 Å². The van der Waals surface area contributed by atoms with Crippen molar-refractivity contribution < 1.29 is 26.6 Å². The molecule has 0 fully saturated rings. The van der Waals surface area contributed by atoms with Gasteiger partial charge in [0.05, 0.1) is 0 Å². The van der Waals surface area contributed by atoms with Crippen LogP contribution in [0.4, 0.5) is 25.2 Å². The molecule has 10 heteroatoms. The Morgan fingerprint density at radius 3 is 1.58 bits per heavy atom. The van der Waals surface area contributed by atoms with Gasteiger partial charge in [-0.1, -0.05) is 29.8 Å². The fourth-order valence-electron chi connectivity index (χ4n) is 0.630. The molecule has 0 saturated heterocycles. The third kappa shape index (κ3) is 26.4. The molecule has 0 unspecified atom stereocenters. The Bertz CT molecular complexity index is 433. The molecule has 2 aromatic rings. The second-order valence-corrected chi connectivity index (χ2v) is 5.37. The SMILES string of the molecule is Clc1ccccc1.F[P-](F)(F)(F)(F)F.[H+].c1cn[nH]c1. The summed E-state index contributed by atoms with van der Waals surface area (Å²) in [4.78, 5) is 0. The van der Waals surface area contributed by atoms with E-state index >= 15 is 0 Å². The number of nitrogens with zero attached hydrogens (tertiary/aromatic N) is 1. The zero-order valence-electron chi connectivity index (χ0n) is 10.2. The zero-order valence-corrected chi connectivity index (χ0v) is 10.8. The number of rotatable bonds is 0. The first-order chi connectivity index (χ1) is 8.34. The summed E-state index contributed by atoms with van der Waals surface area (Å²) in [6.45, 7) is 0. The maximum atomic E-state index is 9.87. The minimum absolute atomic E-state index is 0. The third-order valence-electron chi connectivity index (χ3n) is 1.14. The van der Waals surface area contributed by atoms with Crippen LogP contribution in [0.15, 0.2) is 48.8 Å². The molecule has 1 heterocycles. The monoisotopic (exact) mass is 326 g/mol. The van der Waals surface area contributed by atoms with E-state index in [9.17, 15) is 25.2 Å². The Morgan fingerprint density at radius 2 is 1.42 bits per heavy atom. The van der Waals surface area contributed by atoms with Crippen molar-refractivity contribution in [2.24, 2.45) is 0 Å². The fraction of sp³-hybridized carbons (Fsp3) is 0. The van der Waals surface area contributed by atoms with Crippen LogP contribution in [0.2, 0.25) is 5.02 Å². The van der Waals surface area contributed by atoms with Crippen molar-refractivity contribution in [3.05, 3.63) is 53.8 Å². The maximum absolute atomic E-state index is 10.7. The van der Waals surface area contributed by atoms with Crippen LogP contribution in [-0.4, -0.2) is 10.2 Å². The standard InChI is InChI=1S/C6H5Cl.C3H4N2.F6P/c7-6-4-2-1-3-5-6;1-2-4-5-3-1;1-7(2,3,4,5)6/h1-5H;1-3H,(H,4,5);/q;;-1/p+1. The van der Waals surface area contributed by atoms with Crippen molar-refractivity contribution >= 4 is 19.4 Å². The number of aromatic amines is 1. The molecule has 0 bridgehead atoms. The summed E-state index contributed by atoms with van der Waals surface area (Å²) in [5.41, 5.74) is 0. The fourth-order valence-corrected chi connectivity index (χ4v) is 0.775. The van der Waals surface area contributed by atoms with E-state index in [1.54, 1.807) is 12.4 Å². The summed E-state index contributed by atoms with van der Waals surface area (Å²) in [7, 11) is -10.7. The van der Waals surface area contributed by atoms with Gasteiger partial charge >= 0.3 is 34.4 Å². The average molecular weight is 327 g/mol. The molecular weight excluding hydrogens is 317 g/mol. The Morgan fingerprint density at radius 1 is 0.947 bits per heavy atom. The number of benzene rings is 1. The van der Waals surface area contributed by atoms with Crippen LogP contribution in [0.25, 0.3) is 0 Å². The average Bonchev–Trinajstić information content (AvgIpc) is 2.71. The maximum Gasteiger partial charge on any atom is 1.00 e. The molecule has 0 aliphatic rings. The normalized spacial score (nSPS) is 13.8. The van der Waals surface area contributed by atoms with Gasteiger partial charge in [-0.15, -0.1) is 0 Å². The van der Waals surface area contributed by atoms with Gasteiger partial charge in [0, 0.05) is 17.4 Å². The Labute approximate surface area is 111 Å². The summed E-state index contributed by atoms with van der Waals surface area (Å²) in [5.74, 6) is 0. The van der Waals surface area contributed by atoms with E-state index in [0.717, 1.165) is 5.02 Å². The molecule has 0 spiro atoms. The molecule has 1 N–H and O–H groups in total. The van der Waals surface area contributed by atoms with E-state index < -0.39 is 7.81 Å². The molecule has 2 nitrogen and oxygen atoms in total. The summed E-state index contributed by atoms with van der Waals surface area (Å²) in [6, 6.07) is 11.3. The Hall–Kier alpha value is -1.27. The van der Waals surface area contributed by atoms with E-state index in [4.69, 9.17) is 11.6 Å². The van der Waals surface area contributed by atoms with Crippen LogP contribution in [0, 0.1) is 0 Å². The second-order valence-electron chi connectivity index (χ2n) is 3.02.